The summed E-state index contributed by atoms with van der Waals surface area (Å²) in [6, 6.07) is 13.7. The number of carbonyl (C=O) groups excluding carboxylic acids is 1. The molecule has 6 nitrogen and oxygen atoms in total. The number of nitrogens with zero attached hydrogens (tertiary/aromatic N) is 2. The molecule has 0 spiro atoms. The van der Waals surface area contributed by atoms with Crippen LogP contribution in [0.3, 0.4) is 0 Å². The van der Waals surface area contributed by atoms with Crippen LogP contribution >= 0.6 is 11.6 Å². The molecule has 1 aliphatic heterocycles. The van der Waals surface area contributed by atoms with E-state index < -0.39 is 11.9 Å². The zero-order valence-corrected chi connectivity index (χ0v) is 20.6. The Morgan fingerprint density at radius 2 is 1.89 bits per heavy atom. The molecule has 1 atom stereocenters. The highest BCUT2D eigenvalue weighted by Crippen LogP contribution is 2.41. The monoisotopic (exact) mass is 488 g/mol. The number of amides is 1. The third kappa shape index (κ3) is 4.08. The molecule has 2 aromatic heterocycles. The van der Waals surface area contributed by atoms with Crippen LogP contribution in [0.1, 0.15) is 58.6 Å². The lowest BCUT2D eigenvalue weighted by Gasteiger charge is -2.24. The van der Waals surface area contributed by atoms with Gasteiger partial charge in [-0.1, -0.05) is 37.1 Å². The molecule has 1 aliphatic rings. The third-order valence-electron chi connectivity index (χ3n) is 6.39. The minimum Gasteiger partial charge on any atom is -0.494 e. The summed E-state index contributed by atoms with van der Waals surface area (Å²) in [4.78, 5) is 33.4. The standard InChI is InChI=1S/C28H25ClN2O4/c1-4-5-11-34-20-8-6-7-18(14-20)25-24-26(32)21-12-16(2)17(3)13-22(21)35-27(24)28(33)31(25)23-10-9-19(29)15-30-23/h6-10,12-15,25H,4-5,11H2,1-3H3. The second-order valence-corrected chi connectivity index (χ2v) is 9.23. The van der Waals surface area contributed by atoms with E-state index in [1.807, 2.05) is 44.2 Å². The van der Waals surface area contributed by atoms with E-state index in [4.69, 9.17) is 20.8 Å². The molecule has 7 heteroatoms. The molecule has 5 rings (SSSR count). The Labute approximate surface area is 208 Å². The van der Waals surface area contributed by atoms with Gasteiger partial charge in [-0.3, -0.25) is 14.5 Å². The smallest absolute Gasteiger partial charge is 0.296 e. The van der Waals surface area contributed by atoms with Crippen LogP contribution in [0.25, 0.3) is 11.0 Å². The van der Waals surface area contributed by atoms with E-state index >= 15 is 0 Å². The molecule has 0 saturated carbocycles. The first-order valence-electron chi connectivity index (χ1n) is 11.6. The lowest BCUT2D eigenvalue weighted by atomic mass is 9.97. The molecular weight excluding hydrogens is 464 g/mol. The maximum atomic E-state index is 13.8. The van der Waals surface area contributed by atoms with Crippen LogP contribution < -0.4 is 15.1 Å². The van der Waals surface area contributed by atoms with Crippen molar-refractivity contribution in [3.05, 3.63) is 98.0 Å². The van der Waals surface area contributed by atoms with Crippen molar-refractivity contribution < 1.29 is 13.9 Å². The van der Waals surface area contributed by atoms with E-state index in [9.17, 15) is 9.59 Å². The number of anilines is 1. The Bertz CT molecular complexity index is 1490. The van der Waals surface area contributed by atoms with Gasteiger partial charge in [0.1, 0.15) is 17.2 Å². The second-order valence-electron chi connectivity index (χ2n) is 8.79. The van der Waals surface area contributed by atoms with Crippen LogP contribution in [0.4, 0.5) is 5.82 Å². The molecule has 35 heavy (non-hydrogen) atoms. The number of benzene rings is 2. The molecule has 178 valence electrons. The number of hydrogen-bond donors (Lipinski definition) is 0. The lowest BCUT2D eigenvalue weighted by molar-refractivity contribution is 0.0970. The average molecular weight is 489 g/mol. The van der Waals surface area contributed by atoms with Crippen molar-refractivity contribution >= 4 is 34.3 Å². The minimum atomic E-state index is -0.719. The van der Waals surface area contributed by atoms with Gasteiger partial charge in [0.2, 0.25) is 5.76 Å². The van der Waals surface area contributed by atoms with Crippen molar-refractivity contribution in [1.82, 2.24) is 4.98 Å². The van der Waals surface area contributed by atoms with Gasteiger partial charge in [-0.2, -0.15) is 0 Å². The van der Waals surface area contributed by atoms with Gasteiger partial charge in [0.15, 0.2) is 5.43 Å². The maximum Gasteiger partial charge on any atom is 0.296 e. The van der Waals surface area contributed by atoms with Gasteiger partial charge in [0.05, 0.1) is 28.6 Å². The van der Waals surface area contributed by atoms with Crippen molar-refractivity contribution in [2.24, 2.45) is 0 Å². The van der Waals surface area contributed by atoms with E-state index in [2.05, 4.69) is 11.9 Å². The predicted octanol–water partition coefficient (Wildman–Crippen LogP) is 6.39. The van der Waals surface area contributed by atoms with Gasteiger partial charge in [0.25, 0.3) is 5.91 Å². The van der Waals surface area contributed by atoms with Crippen LogP contribution in [0.15, 0.2) is 63.9 Å². The van der Waals surface area contributed by atoms with Gasteiger partial charge in [-0.15, -0.1) is 0 Å². The summed E-state index contributed by atoms with van der Waals surface area (Å²) in [6.07, 6.45) is 3.43. The van der Waals surface area contributed by atoms with Crippen molar-refractivity contribution in [2.45, 2.75) is 39.7 Å². The number of carbonyl (C=O) groups is 1. The average Bonchev–Trinajstić information content (AvgIpc) is 3.14. The largest absolute Gasteiger partial charge is 0.494 e. The topological polar surface area (TPSA) is 72.6 Å². The Hall–Kier alpha value is -3.64. The van der Waals surface area contributed by atoms with Crippen LogP contribution in [-0.4, -0.2) is 17.5 Å². The van der Waals surface area contributed by atoms with Crippen molar-refractivity contribution in [3.8, 4) is 5.75 Å². The number of hydrogen-bond acceptors (Lipinski definition) is 5. The van der Waals surface area contributed by atoms with Gasteiger partial charge in [-0.05, 0) is 73.4 Å². The summed E-state index contributed by atoms with van der Waals surface area (Å²) >= 11 is 6.05. The fraction of sp³-hybridized carbons (Fsp3) is 0.250. The summed E-state index contributed by atoms with van der Waals surface area (Å²) in [5.41, 5.74) is 3.17. The summed E-state index contributed by atoms with van der Waals surface area (Å²) in [6.45, 7) is 6.59. The number of ether oxygens (including phenoxy) is 1. The Kier molecular flexibility index (Phi) is 6.07. The predicted molar refractivity (Wildman–Crippen MR) is 137 cm³/mol. The van der Waals surface area contributed by atoms with Crippen LogP contribution in [0, 0.1) is 13.8 Å². The van der Waals surface area contributed by atoms with E-state index in [0.29, 0.717) is 39.7 Å². The van der Waals surface area contributed by atoms with Gasteiger partial charge < -0.3 is 9.15 Å². The Morgan fingerprint density at radius 3 is 2.63 bits per heavy atom. The SMILES string of the molecule is CCCCOc1cccc(C2c3c(oc4cc(C)c(C)cc4c3=O)C(=O)N2c2ccc(Cl)cn2)c1. The Morgan fingerprint density at radius 1 is 1.09 bits per heavy atom. The van der Waals surface area contributed by atoms with Crippen LogP contribution in [-0.2, 0) is 0 Å². The number of fused-ring (bicyclic) bond motifs is 2. The molecule has 0 aliphatic carbocycles. The van der Waals surface area contributed by atoms with Crippen molar-refractivity contribution in [3.63, 3.8) is 0 Å². The first-order chi connectivity index (χ1) is 16.9. The molecule has 3 heterocycles. The normalized spacial score (nSPS) is 15.0. The summed E-state index contributed by atoms with van der Waals surface area (Å²) in [5.74, 6) is 0.667. The van der Waals surface area contributed by atoms with E-state index in [-0.39, 0.29) is 11.2 Å². The maximum absolute atomic E-state index is 13.8. The molecular formula is C28H25ClN2O4. The minimum absolute atomic E-state index is 0.0322. The number of rotatable bonds is 6. The van der Waals surface area contributed by atoms with Crippen LogP contribution in [0.5, 0.6) is 5.75 Å². The molecule has 0 radical (unpaired) electrons. The second kappa shape index (κ2) is 9.19. The van der Waals surface area contributed by atoms with E-state index in [0.717, 1.165) is 29.5 Å². The highest BCUT2D eigenvalue weighted by atomic mass is 35.5. The molecule has 0 N–H and O–H groups in total. The fourth-order valence-electron chi connectivity index (χ4n) is 4.40. The fourth-order valence-corrected chi connectivity index (χ4v) is 4.51. The summed E-state index contributed by atoms with van der Waals surface area (Å²) in [5, 5.41) is 0.901. The van der Waals surface area contributed by atoms with E-state index in [1.165, 1.54) is 11.1 Å². The summed E-state index contributed by atoms with van der Waals surface area (Å²) in [7, 11) is 0. The molecule has 1 unspecified atom stereocenters. The number of halogens is 1. The molecule has 1 amide bonds. The van der Waals surface area contributed by atoms with Crippen molar-refractivity contribution in [2.75, 3.05) is 11.5 Å². The molecule has 2 aromatic carbocycles. The van der Waals surface area contributed by atoms with Gasteiger partial charge in [-0.25, -0.2) is 4.98 Å². The number of pyridine rings is 1. The first kappa shape index (κ1) is 23.1. The third-order valence-corrected chi connectivity index (χ3v) is 6.61. The molecule has 4 aromatic rings. The molecule has 0 fully saturated rings. The van der Waals surface area contributed by atoms with Crippen LogP contribution in [0.2, 0.25) is 5.02 Å². The number of aromatic nitrogens is 1. The van der Waals surface area contributed by atoms with Gasteiger partial charge >= 0.3 is 0 Å². The zero-order chi connectivity index (χ0) is 24.7. The molecule has 0 bridgehead atoms. The zero-order valence-electron chi connectivity index (χ0n) is 19.8. The number of unbranched alkanes of at least 4 members (excludes halogenated alkanes) is 1. The van der Waals surface area contributed by atoms with E-state index in [1.54, 1.807) is 18.2 Å². The highest BCUT2D eigenvalue weighted by molar-refractivity contribution is 6.30. The van der Waals surface area contributed by atoms with Gasteiger partial charge in [0, 0.05) is 6.20 Å². The highest BCUT2D eigenvalue weighted by Gasteiger charge is 2.44. The first-order valence-corrected chi connectivity index (χ1v) is 12.0. The molecule has 0 saturated heterocycles. The summed E-state index contributed by atoms with van der Waals surface area (Å²) < 4.78 is 12.0. The number of aryl methyl sites for hydroxylation is 2. The Balaban J connectivity index is 1.73. The quantitative estimate of drug-likeness (QED) is 0.294. The lowest BCUT2D eigenvalue weighted by Crippen LogP contribution is -2.30. The van der Waals surface area contributed by atoms with Crippen molar-refractivity contribution in [1.29, 1.82) is 0 Å².